The van der Waals surface area contributed by atoms with Crippen molar-refractivity contribution < 1.29 is 4.79 Å². The van der Waals surface area contributed by atoms with Crippen LogP contribution in [-0.4, -0.2) is 27.4 Å². The summed E-state index contributed by atoms with van der Waals surface area (Å²) >= 11 is 1.72. The van der Waals surface area contributed by atoms with Gasteiger partial charge >= 0.3 is 0 Å². The van der Waals surface area contributed by atoms with E-state index < -0.39 is 0 Å². The van der Waals surface area contributed by atoms with E-state index in [-0.39, 0.29) is 36.8 Å². The quantitative estimate of drug-likeness (QED) is 0.560. The highest BCUT2D eigenvalue weighted by molar-refractivity contribution is 7.98. The van der Waals surface area contributed by atoms with Gasteiger partial charge in [0.1, 0.15) is 5.65 Å². The molecular formula is C21H26Cl2N4OS. The number of amides is 1. The Morgan fingerprint density at radius 1 is 1.10 bits per heavy atom. The van der Waals surface area contributed by atoms with Gasteiger partial charge in [0, 0.05) is 40.7 Å². The van der Waals surface area contributed by atoms with Crippen LogP contribution in [0.1, 0.15) is 41.7 Å². The molecule has 5 nitrogen and oxygen atoms in total. The molecule has 29 heavy (non-hydrogen) atoms. The van der Waals surface area contributed by atoms with Crippen molar-refractivity contribution >= 4 is 48.1 Å². The minimum atomic E-state index is 0. The highest BCUT2D eigenvalue weighted by Gasteiger charge is 2.20. The van der Waals surface area contributed by atoms with E-state index in [1.807, 2.05) is 53.1 Å². The van der Waals surface area contributed by atoms with Crippen molar-refractivity contribution in [3.8, 4) is 0 Å². The van der Waals surface area contributed by atoms with Gasteiger partial charge in [-0.25, -0.2) is 4.98 Å². The highest BCUT2D eigenvalue weighted by Crippen LogP contribution is 2.23. The molecule has 0 spiro atoms. The fraction of sp³-hybridized carbons (Fsp3) is 0.333. The number of aromatic nitrogens is 2. The molecular weight excluding hydrogens is 427 g/mol. The number of fused-ring (bicyclic) bond motifs is 1. The zero-order valence-corrected chi connectivity index (χ0v) is 18.4. The van der Waals surface area contributed by atoms with Crippen molar-refractivity contribution in [2.45, 2.75) is 48.4 Å². The number of carbonyl (C=O) groups is 1. The summed E-state index contributed by atoms with van der Waals surface area (Å²) in [4.78, 5) is 18.2. The lowest BCUT2D eigenvalue weighted by Gasteiger charge is -2.26. The van der Waals surface area contributed by atoms with E-state index in [9.17, 15) is 4.79 Å². The van der Waals surface area contributed by atoms with Crippen LogP contribution in [0.4, 0.5) is 0 Å². The van der Waals surface area contributed by atoms with Gasteiger partial charge < -0.3 is 15.5 Å². The molecule has 0 saturated heterocycles. The van der Waals surface area contributed by atoms with E-state index in [0.29, 0.717) is 11.6 Å². The Morgan fingerprint density at radius 2 is 1.83 bits per heavy atom. The molecule has 0 atom stereocenters. The molecule has 0 unspecified atom stereocenters. The Labute approximate surface area is 187 Å². The van der Waals surface area contributed by atoms with Gasteiger partial charge in [0.15, 0.2) is 0 Å². The Morgan fingerprint density at radius 3 is 2.52 bits per heavy atom. The van der Waals surface area contributed by atoms with Crippen molar-refractivity contribution in [2.24, 2.45) is 5.73 Å². The van der Waals surface area contributed by atoms with Crippen LogP contribution in [0.15, 0.2) is 59.8 Å². The topological polar surface area (TPSA) is 72.4 Å². The predicted octanol–water partition coefficient (Wildman–Crippen LogP) is 4.47. The lowest BCUT2D eigenvalue weighted by molar-refractivity contribution is 0.0926. The predicted molar refractivity (Wildman–Crippen MR) is 123 cm³/mol. The Kier molecular flexibility index (Phi) is 8.83. The third-order valence-electron chi connectivity index (χ3n) is 5.02. The normalized spacial score (nSPS) is 18.5. The number of benzene rings is 1. The number of imidazole rings is 1. The summed E-state index contributed by atoms with van der Waals surface area (Å²) in [7, 11) is 0. The van der Waals surface area contributed by atoms with Gasteiger partial charge in [-0.15, -0.1) is 36.6 Å². The van der Waals surface area contributed by atoms with Crippen LogP contribution < -0.4 is 11.1 Å². The number of nitrogens with zero attached hydrogens (tertiary/aromatic N) is 2. The molecule has 0 aliphatic heterocycles. The molecule has 3 N–H and O–H groups in total. The Bertz CT molecular complexity index is 891. The maximum absolute atomic E-state index is 12.4. The molecule has 0 radical (unpaired) electrons. The fourth-order valence-electron chi connectivity index (χ4n) is 3.45. The molecule has 8 heteroatoms. The van der Waals surface area contributed by atoms with E-state index >= 15 is 0 Å². The summed E-state index contributed by atoms with van der Waals surface area (Å²) in [6.07, 6.45) is 7.98. The second-order valence-electron chi connectivity index (χ2n) is 7.10. The van der Waals surface area contributed by atoms with Crippen LogP contribution in [-0.2, 0) is 5.75 Å². The molecule has 1 aliphatic rings. The van der Waals surface area contributed by atoms with E-state index in [1.165, 1.54) is 0 Å². The van der Waals surface area contributed by atoms with Crippen LogP contribution in [0.2, 0.25) is 0 Å². The highest BCUT2D eigenvalue weighted by atomic mass is 35.5. The molecule has 156 valence electrons. The average molecular weight is 453 g/mol. The first-order valence-corrected chi connectivity index (χ1v) is 10.4. The second-order valence-corrected chi connectivity index (χ2v) is 8.15. The summed E-state index contributed by atoms with van der Waals surface area (Å²) in [5.74, 6) is 0.808. The molecule has 1 amide bonds. The maximum atomic E-state index is 12.4. The standard InChI is InChI=1S/C21H24N4OS.2ClH/c22-16-6-8-17(9-7-16)24-21(26)15-4-10-19(11-5-15)27-14-18-13-25-12-2-1-3-20(25)23-18;;/h1-5,10-13,16-17H,6-9,14,22H2,(H,24,26);2*1H. The number of rotatable bonds is 5. The first-order chi connectivity index (χ1) is 13.2. The molecule has 0 bridgehead atoms. The van der Waals surface area contributed by atoms with Crippen LogP contribution in [0, 0.1) is 0 Å². The Balaban J connectivity index is 0.00000150. The number of nitrogens with one attached hydrogen (secondary N) is 1. The molecule has 4 rings (SSSR count). The second kappa shape index (κ2) is 10.9. The summed E-state index contributed by atoms with van der Waals surface area (Å²) in [5.41, 5.74) is 8.64. The number of pyridine rings is 1. The van der Waals surface area contributed by atoms with Gasteiger partial charge in [0.05, 0.1) is 5.69 Å². The van der Waals surface area contributed by atoms with Gasteiger partial charge in [-0.1, -0.05) is 6.07 Å². The van der Waals surface area contributed by atoms with Crippen molar-refractivity contribution in [1.82, 2.24) is 14.7 Å². The van der Waals surface area contributed by atoms with Crippen LogP contribution in [0.5, 0.6) is 0 Å². The number of nitrogens with two attached hydrogens (primary N) is 1. The number of hydrogen-bond acceptors (Lipinski definition) is 4. The molecule has 2 heterocycles. The maximum Gasteiger partial charge on any atom is 0.251 e. The van der Waals surface area contributed by atoms with E-state index in [2.05, 4.69) is 16.5 Å². The van der Waals surface area contributed by atoms with Gasteiger partial charge in [0.2, 0.25) is 0 Å². The molecule has 1 aromatic carbocycles. The molecule has 1 saturated carbocycles. The SMILES string of the molecule is Cl.Cl.NC1CCC(NC(=O)c2ccc(SCc3cn4ccccc4n3)cc2)CC1. The monoisotopic (exact) mass is 452 g/mol. The third kappa shape index (κ3) is 6.12. The summed E-state index contributed by atoms with van der Waals surface area (Å²) in [5, 5.41) is 3.13. The van der Waals surface area contributed by atoms with Crippen molar-refractivity contribution in [1.29, 1.82) is 0 Å². The molecule has 3 aromatic rings. The third-order valence-corrected chi connectivity index (χ3v) is 6.07. The minimum Gasteiger partial charge on any atom is -0.349 e. The fourth-order valence-corrected chi connectivity index (χ4v) is 4.23. The lowest BCUT2D eigenvalue weighted by atomic mass is 9.91. The smallest absolute Gasteiger partial charge is 0.251 e. The van der Waals surface area contributed by atoms with Gasteiger partial charge in [0.25, 0.3) is 5.91 Å². The first-order valence-electron chi connectivity index (χ1n) is 9.39. The van der Waals surface area contributed by atoms with Crippen molar-refractivity contribution in [3.05, 3.63) is 66.1 Å². The summed E-state index contributed by atoms with van der Waals surface area (Å²) in [6, 6.07) is 14.3. The zero-order chi connectivity index (χ0) is 18.6. The van der Waals surface area contributed by atoms with Crippen LogP contribution >= 0.6 is 36.6 Å². The van der Waals surface area contributed by atoms with Gasteiger partial charge in [-0.05, 0) is 62.1 Å². The summed E-state index contributed by atoms with van der Waals surface area (Å²) in [6.45, 7) is 0. The Hall–Kier alpha value is -1.73. The lowest BCUT2D eigenvalue weighted by Crippen LogP contribution is -2.40. The van der Waals surface area contributed by atoms with Crippen LogP contribution in [0.3, 0.4) is 0 Å². The van der Waals surface area contributed by atoms with E-state index in [1.54, 1.807) is 11.8 Å². The van der Waals surface area contributed by atoms with Crippen molar-refractivity contribution in [2.75, 3.05) is 0 Å². The number of thioether (sulfide) groups is 1. The largest absolute Gasteiger partial charge is 0.349 e. The van der Waals surface area contributed by atoms with Gasteiger partial charge in [-0.2, -0.15) is 0 Å². The van der Waals surface area contributed by atoms with Crippen LogP contribution in [0.25, 0.3) is 5.65 Å². The number of hydrogen-bond donors (Lipinski definition) is 2. The molecule has 2 aromatic heterocycles. The van der Waals surface area contributed by atoms with E-state index in [4.69, 9.17) is 5.73 Å². The number of carbonyl (C=O) groups excluding carboxylic acids is 1. The molecule has 1 fully saturated rings. The van der Waals surface area contributed by atoms with Gasteiger partial charge in [-0.3, -0.25) is 4.79 Å². The summed E-state index contributed by atoms with van der Waals surface area (Å²) < 4.78 is 2.03. The van der Waals surface area contributed by atoms with E-state index in [0.717, 1.165) is 47.7 Å². The average Bonchev–Trinajstić information content (AvgIpc) is 3.11. The first kappa shape index (κ1) is 23.5. The van der Waals surface area contributed by atoms with Crippen molar-refractivity contribution in [3.63, 3.8) is 0 Å². The minimum absolute atomic E-state index is 0. The molecule has 1 aliphatic carbocycles. The number of halogens is 2. The zero-order valence-electron chi connectivity index (χ0n) is 16.0.